The van der Waals surface area contributed by atoms with E-state index >= 15 is 0 Å². The molecule has 0 fully saturated rings. The number of anilines is 1. The molecule has 0 saturated heterocycles. The molecule has 0 radical (unpaired) electrons. The molecule has 0 atom stereocenters. The number of nitrogens with one attached hydrogen (secondary N) is 1. The van der Waals surface area contributed by atoms with E-state index in [1.54, 1.807) is 48.5 Å². The standard InChI is InChI=1S/C27H21NO3/c1-19-15-16-25(24(17-19)26(29)20-9-4-2-5-10-20)28-27(30)21-11-8-14-23(18-21)31-22-12-6-3-7-13-22/h2-18H,1H3,(H,28,30). The number of hydrogen-bond acceptors (Lipinski definition) is 3. The molecule has 0 heterocycles. The predicted molar refractivity (Wildman–Crippen MR) is 122 cm³/mol. The predicted octanol–water partition coefficient (Wildman–Crippen LogP) is 6.27. The Hall–Kier alpha value is -4.18. The van der Waals surface area contributed by atoms with Gasteiger partial charge in [-0.1, -0.05) is 66.2 Å². The van der Waals surface area contributed by atoms with E-state index in [1.165, 1.54) is 0 Å². The highest BCUT2D eigenvalue weighted by Crippen LogP contribution is 2.24. The molecule has 0 aromatic heterocycles. The highest BCUT2D eigenvalue weighted by molar-refractivity contribution is 6.15. The summed E-state index contributed by atoms with van der Waals surface area (Å²) in [6, 6.07) is 30.8. The third-order valence-corrected chi connectivity index (χ3v) is 4.78. The van der Waals surface area contributed by atoms with Crippen molar-refractivity contribution in [1.82, 2.24) is 0 Å². The monoisotopic (exact) mass is 407 g/mol. The van der Waals surface area contributed by atoms with Crippen LogP contribution in [0.2, 0.25) is 0 Å². The molecule has 4 heteroatoms. The Morgan fingerprint density at radius 1 is 0.677 bits per heavy atom. The van der Waals surface area contributed by atoms with Crippen LogP contribution in [0.3, 0.4) is 0 Å². The number of ketones is 1. The van der Waals surface area contributed by atoms with Crippen molar-refractivity contribution >= 4 is 17.4 Å². The van der Waals surface area contributed by atoms with E-state index in [4.69, 9.17) is 4.74 Å². The Bertz CT molecular complexity index is 1220. The molecule has 1 N–H and O–H groups in total. The van der Waals surface area contributed by atoms with Crippen molar-refractivity contribution in [2.45, 2.75) is 6.92 Å². The van der Waals surface area contributed by atoms with Crippen LogP contribution in [0.15, 0.2) is 103 Å². The van der Waals surface area contributed by atoms with Gasteiger partial charge < -0.3 is 10.1 Å². The molecule has 0 unspecified atom stereocenters. The van der Waals surface area contributed by atoms with E-state index in [9.17, 15) is 9.59 Å². The smallest absolute Gasteiger partial charge is 0.255 e. The molecule has 4 aromatic rings. The van der Waals surface area contributed by atoms with Gasteiger partial charge in [-0.25, -0.2) is 0 Å². The highest BCUT2D eigenvalue weighted by Gasteiger charge is 2.16. The zero-order valence-electron chi connectivity index (χ0n) is 17.0. The number of benzene rings is 4. The van der Waals surface area contributed by atoms with Gasteiger partial charge in [0.1, 0.15) is 11.5 Å². The van der Waals surface area contributed by atoms with E-state index in [-0.39, 0.29) is 11.7 Å². The third-order valence-electron chi connectivity index (χ3n) is 4.78. The first-order chi connectivity index (χ1) is 15.1. The Morgan fingerprint density at radius 2 is 1.32 bits per heavy atom. The van der Waals surface area contributed by atoms with Gasteiger partial charge in [-0.3, -0.25) is 9.59 Å². The molecule has 0 spiro atoms. The largest absolute Gasteiger partial charge is 0.457 e. The summed E-state index contributed by atoms with van der Waals surface area (Å²) in [5.74, 6) is 0.794. The second-order valence-corrected chi connectivity index (χ2v) is 7.14. The molecule has 0 aliphatic rings. The molecule has 4 nitrogen and oxygen atoms in total. The first-order valence-corrected chi connectivity index (χ1v) is 9.95. The number of para-hydroxylation sites is 1. The van der Waals surface area contributed by atoms with Gasteiger partial charge in [-0.05, 0) is 49.4 Å². The van der Waals surface area contributed by atoms with Crippen molar-refractivity contribution in [3.05, 3.63) is 125 Å². The van der Waals surface area contributed by atoms with E-state index in [0.29, 0.717) is 33.9 Å². The number of ether oxygens (including phenoxy) is 1. The van der Waals surface area contributed by atoms with E-state index in [1.807, 2.05) is 61.5 Å². The maximum atomic E-state index is 13.0. The summed E-state index contributed by atoms with van der Waals surface area (Å²) in [7, 11) is 0. The van der Waals surface area contributed by atoms with E-state index < -0.39 is 0 Å². The van der Waals surface area contributed by atoms with Crippen molar-refractivity contribution in [3.63, 3.8) is 0 Å². The average molecular weight is 407 g/mol. The molecular formula is C27H21NO3. The molecular weight excluding hydrogens is 386 g/mol. The Morgan fingerprint density at radius 3 is 2.06 bits per heavy atom. The van der Waals surface area contributed by atoms with Crippen molar-refractivity contribution in [3.8, 4) is 11.5 Å². The molecule has 0 bridgehead atoms. The lowest BCUT2D eigenvalue weighted by atomic mass is 9.99. The van der Waals surface area contributed by atoms with Gasteiger partial charge in [0.05, 0.1) is 5.69 Å². The Kier molecular flexibility index (Phi) is 5.90. The first-order valence-electron chi connectivity index (χ1n) is 9.95. The number of amides is 1. The fourth-order valence-electron chi connectivity index (χ4n) is 3.22. The summed E-state index contributed by atoms with van der Waals surface area (Å²) >= 11 is 0. The summed E-state index contributed by atoms with van der Waals surface area (Å²) in [5, 5.41) is 2.88. The first kappa shape index (κ1) is 20.1. The number of rotatable bonds is 6. The Labute approximate surface area is 181 Å². The van der Waals surface area contributed by atoms with Crippen LogP contribution in [0.1, 0.15) is 31.8 Å². The molecule has 1 amide bonds. The minimum atomic E-state index is -0.315. The van der Waals surface area contributed by atoms with E-state index in [2.05, 4.69) is 5.32 Å². The van der Waals surface area contributed by atoms with Gasteiger partial charge >= 0.3 is 0 Å². The maximum Gasteiger partial charge on any atom is 0.255 e. The van der Waals surface area contributed by atoms with Gasteiger partial charge in [0.2, 0.25) is 0 Å². The average Bonchev–Trinajstić information content (AvgIpc) is 2.81. The summed E-state index contributed by atoms with van der Waals surface area (Å²) in [6.45, 7) is 1.91. The summed E-state index contributed by atoms with van der Waals surface area (Å²) in [4.78, 5) is 26.0. The molecule has 31 heavy (non-hydrogen) atoms. The van der Waals surface area contributed by atoms with Crippen molar-refractivity contribution in [2.75, 3.05) is 5.32 Å². The molecule has 4 rings (SSSR count). The van der Waals surface area contributed by atoms with Crippen molar-refractivity contribution < 1.29 is 14.3 Å². The number of carbonyl (C=O) groups excluding carboxylic acids is 2. The lowest BCUT2D eigenvalue weighted by molar-refractivity contribution is 0.102. The zero-order valence-corrected chi connectivity index (χ0v) is 17.0. The summed E-state index contributed by atoms with van der Waals surface area (Å²) in [6.07, 6.45) is 0. The highest BCUT2D eigenvalue weighted by atomic mass is 16.5. The van der Waals surface area contributed by atoms with Crippen molar-refractivity contribution in [1.29, 1.82) is 0 Å². The van der Waals surface area contributed by atoms with Gasteiger partial charge in [-0.2, -0.15) is 0 Å². The summed E-state index contributed by atoms with van der Waals surface area (Å²) < 4.78 is 5.82. The van der Waals surface area contributed by atoms with Crippen LogP contribution in [-0.2, 0) is 0 Å². The molecule has 4 aromatic carbocycles. The van der Waals surface area contributed by atoms with Crippen LogP contribution in [0.4, 0.5) is 5.69 Å². The fourth-order valence-corrected chi connectivity index (χ4v) is 3.22. The SMILES string of the molecule is Cc1ccc(NC(=O)c2cccc(Oc3ccccc3)c2)c(C(=O)c2ccccc2)c1. The molecule has 0 saturated carbocycles. The van der Waals surface area contributed by atoms with E-state index in [0.717, 1.165) is 5.56 Å². The number of carbonyl (C=O) groups is 2. The molecule has 152 valence electrons. The molecule has 0 aliphatic heterocycles. The van der Waals surface area contributed by atoms with Gasteiger partial charge in [0, 0.05) is 16.7 Å². The minimum Gasteiger partial charge on any atom is -0.457 e. The van der Waals surface area contributed by atoms with Crippen LogP contribution in [0.5, 0.6) is 11.5 Å². The second-order valence-electron chi connectivity index (χ2n) is 7.14. The van der Waals surface area contributed by atoms with Crippen LogP contribution >= 0.6 is 0 Å². The lowest BCUT2D eigenvalue weighted by Gasteiger charge is -2.12. The topological polar surface area (TPSA) is 55.4 Å². The second kappa shape index (κ2) is 9.09. The fraction of sp³-hybridized carbons (Fsp3) is 0.0370. The van der Waals surface area contributed by atoms with Gasteiger partial charge in [0.25, 0.3) is 5.91 Å². The zero-order chi connectivity index (χ0) is 21.6. The van der Waals surface area contributed by atoms with Crippen LogP contribution in [-0.4, -0.2) is 11.7 Å². The van der Waals surface area contributed by atoms with Crippen LogP contribution in [0, 0.1) is 6.92 Å². The molecule has 0 aliphatic carbocycles. The summed E-state index contributed by atoms with van der Waals surface area (Å²) in [5.41, 5.74) is 2.87. The van der Waals surface area contributed by atoms with Crippen LogP contribution in [0.25, 0.3) is 0 Å². The normalized spacial score (nSPS) is 10.4. The third kappa shape index (κ3) is 4.87. The number of hydrogen-bond donors (Lipinski definition) is 1. The van der Waals surface area contributed by atoms with Gasteiger partial charge in [0.15, 0.2) is 5.78 Å². The maximum absolute atomic E-state index is 13.0. The van der Waals surface area contributed by atoms with Crippen molar-refractivity contribution in [2.24, 2.45) is 0 Å². The van der Waals surface area contributed by atoms with Gasteiger partial charge in [-0.15, -0.1) is 0 Å². The quantitative estimate of drug-likeness (QED) is 0.383. The Balaban J connectivity index is 1.58. The minimum absolute atomic E-state index is 0.138. The van der Waals surface area contributed by atoms with Crippen LogP contribution < -0.4 is 10.1 Å². The number of aryl methyl sites for hydroxylation is 1. The lowest BCUT2D eigenvalue weighted by Crippen LogP contribution is -2.15.